The maximum atomic E-state index is 12.6. The molecule has 2 amide bonds. The van der Waals surface area contributed by atoms with E-state index in [1.165, 1.54) is 22.5 Å². The van der Waals surface area contributed by atoms with Crippen LogP contribution in [0, 0.1) is 11.3 Å². The molecule has 2 aliphatic carbocycles. The van der Waals surface area contributed by atoms with Gasteiger partial charge in [-0.1, -0.05) is 19.4 Å². The van der Waals surface area contributed by atoms with E-state index in [1.54, 1.807) is 0 Å². The van der Waals surface area contributed by atoms with Crippen LogP contribution in [0.2, 0.25) is 0 Å². The number of rotatable bonds is 0. The molecule has 122 valence electrons. The van der Waals surface area contributed by atoms with Gasteiger partial charge < -0.3 is 4.74 Å². The van der Waals surface area contributed by atoms with Crippen LogP contribution in [-0.4, -0.2) is 28.5 Å². The van der Waals surface area contributed by atoms with Crippen molar-refractivity contribution in [2.45, 2.75) is 78.4 Å². The number of amides is 2. The lowest BCUT2D eigenvalue weighted by molar-refractivity contribution is -0.127. The second kappa shape index (κ2) is 4.84. The first-order valence-electron chi connectivity index (χ1n) is 8.37. The zero-order valence-electron chi connectivity index (χ0n) is 14.4. The number of hydrogen-bond donors (Lipinski definition) is 0. The van der Waals surface area contributed by atoms with Crippen LogP contribution >= 0.6 is 0 Å². The van der Waals surface area contributed by atoms with Gasteiger partial charge in [-0.25, -0.2) is 9.69 Å². The summed E-state index contributed by atoms with van der Waals surface area (Å²) in [5, 5.41) is 0. The molecule has 3 aliphatic rings. The summed E-state index contributed by atoms with van der Waals surface area (Å²) in [7, 11) is 0. The number of carbonyl (C=O) groups excluding carboxylic acids is 2. The average molecular weight is 305 g/mol. The van der Waals surface area contributed by atoms with E-state index in [-0.39, 0.29) is 23.3 Å². The molecule has 4 heteroatoms. The Morgan fingerprint density at radius 1 is 1.27 bits per heavy atom. The predicted molar refractivity (Wildman–Crippen MR) is 84.3 cm³/mol. The number of ether oxygens (including phenoxy) is 1. The first-order chi connectivity index (χ1) is 10.1. The van der Waals surface area contributed by atoms with Crippen molar-refractivity contribution in [2.24, 2.45) is 11.3 Å². The molecule has 0 aromatic rings. The Bertz CT molecular complexity index is 553. The van der Waals surface area contributed by atoms with Gasteiger partial charge in [-0.15, -0.1) is 0 Å². The molecule has 1 fully saturated rings. The fourth-order valence-corrected chi connectivity index (χ4v) is 4.50. The highest BCUT2D eigenvalue weighted by Crippen LogP contribution is 2.54. The highest BCUT2D eigenvalue weighted by Gasteiger charge is 2.54. The van der Waals surface area contributed by atoms with Gasteiger partial charge in [-0.3, -0.25) is 4.79 Å². The van der Waals surface area contributed by atoms with E-state index in [0.717, 1.165) is 19.3 Å². The largest absolute Gasteiger partial charge is 0.443 e. The second-order valence-electron chi connectivity index (χ2n) is 8.61. The minimum atomic E-state index is -0.576. The van der Waals surface area contributed by atoms with Crippen molar-refractivity contribution in [1.29, 1.82) is 0 Å². The highest BCUT2D eigenvalue weighted by molar-refractivity contribution is 5.95. The number of allylic oxidation sites excluding steroid dienone is 1. The Morgan fingerprint density at radius 2 is 1.95 bits per heavy atom. The van der Waals surface area contributed by atoms with Gasteiger partial charge in [0.1, 0.15) is 5.60 Å². The first-order valence-corrected chi connectivity index (χ1v) is 8.37. The van der Waals surface area contributed by atoms with Crippen molar-refractivity contribution in [2.75, 3.05) is 0 Å². The molecule has 0 aromatic heterocycles. The van der Waals surface area contributed by atoms with Gasteiger partial charge in [-0.05, 0) is 63.4 Å². The number of fused-ring (bicyclic) bond motifs is 2. The number of nitrogens with zero attached hydrogens (tertiary/aromatic N) is 1. The topological polar surface area (TPSA) is 46.6 Å². The van der Waals surface area contributed by atoms with E-state index >= 15 is 0 Å². The summed E-state index contributed by atoms with van der Waals surface area (Å²) >= 11 is 0. The molecule has 4 nitrogen and oxygen atoms in total. The van der Waals surface area contributed by atoms with E-state index < -0.39 is 11.7 Å². The van der Waals surface area contributed by atoms with Crippen molar-refractivity contribution in [3.8, 4) is 0 Å². The van der Waals surface area contributed by atoms with Crippen molar-refractivity contribution < 1.29 is 14.3 Å². The van der Waals surface area contributed by atoms with Gasteiger partial charge in [-0.2, -0.15) is 0 Å². The van der Waals surface area contributed by atoms with Crippen LogP contribution in [0.3, 0.4) is 0 Å². The SMILES string of the molecule is CC(C)(C)OC(=O)N1C(=O)CC2CC3=C(C21)C(C)(C)CCC3. The average Bonchev–Trinajstić information content (AvgIpc) is 2.79. The molecule has 1 saturated heterocycles. The van der Waals surface area contributed by atoms with Crippen LogP contribution in [0.15, 0.2) is 11.1 Å². The molecule has 1 heterocycles. The predicted octanol–water partition coefficient (Wildman–Crippen LogP) is 4.05. The summed E-state index contributed by atoms with van der Waals surface area (Å²) in [6, 6.07) is -0.0624. The van der Waals surface area contributed by atoms with Gasteiger partial charge >= 0.3 is 6.09 Å². The molecule has 0 radical (unpaired) electrons. The van der Waals surface area contributed by atoms with Crippen LogP contribution in [0.1, 0.15) is 66.7 Å². The molecule has 1 aliphatic heterocycles. The fourth-order valence-electron chi connectivity index (χ4n) is 4.50. The monoisotopic (exact) mass is 305 g/mol. The molecule has 0 spiro atoms. The Hall–Kier alpha value is -1.32. The van der Waals surface area contributed by atoms with Crippen molar-refractivity contribution in [1.82, 2.24) is 4.90 Å². The minimum absolute atomic E-state index is 0.0624. The van der Waals surface area contributed by atoms with Gasteiger partial charge in [0.2, 0.25) is 5.91 Å². The highest BCUT2D eigenvalue weighted by atomic mass is 16.6. The van der Waals surface area contributed by atoms with E-state index in [0.29, 0.717) is 6.42 Å². The lowest BCUT2D eigenvalue weighted by atomic mass is 9.72. The smallest absolute Gasteiger partial charge is 0.417 e. The maximum Gasteiger partial charge on any atom is 0.417 e. The fraction of sp³-hybridized carbons (Fsp3) is 0.778. The molecular weight excluding hydrogens is 278 g/mol. The van der Waals surface area contributed by atoms with Crippen LogP contribution in [-0.2, 0) is 9.53 Å². The Morgan fingerprint density at radius 3 is 2.59 bits per heavy atom. The number of imide groups is 1. The Kier molecular flexibility index (Phi) is 3.42. The van der Waals surface area contributed by atoms with Crippen LogP contribution in [0.4, 0.5) is 4.79 Å². The molecule has 0 aromatic carbocycles. The summed E-state index contributed by atoms with van der Waals surface area (Å²) in [6.45, 7) is 10.0. The third-order valence-electron chi connectivity index (χ3n) is 5.22. The number of likely N-dealkylation sites (tertiary alicyclic amines) is 1. The lowest BCUT2D eigenvalue weighted by Gasteiger charge is -2.38. The van der Waals surface area contributed by atoms with Crippen molar-refractivity contribution in [3.63, 3.8) is 0 Å². The van der Waals surface area contributed by atoms with E-state index in [4.69, 9.17) is 4.74 Å². The zero-order chi connectivity index (χ0) is 16.3. The van der Waals surface area contributed by atoms with E-state index in [1.807, 2.05) is 20.8 Å². The van der Waals surface area contributed by atoms with Gasteiger partial charge in [0.05, 0.1) is 6.04 Å². The van der Waals surface area contributed by atoms with Gasteiger partial charge in [0.25, 0.3) is 0 Å². The summed E-state index contributed by atoms with van der Waals surface area (Å²) < 4.78 is 5.49. The lowest BCUT2D eigenvalue weighted by Crippen LogP contribution is -2.45. The third-order valence-corrected chi connectivity index (χ3v) is 5.22. The molecule has 0 N–H and O–H groups in total. The van der Waals surface area contributed by atoms with Crippen LogP contribution in [0.5, 0.6) is 0 Å². The summed E-state index contributed by atoms with van der Waals surface area (Å²) in [5.41, 5.74) is 2.35. The second-order valence-corrected chi connectivity index (χ2v) is 8.61. The standard InChI is InChI=1S/C18H27NO3/c1-17(2,3)22-16(21)19-13(20)10-12-9-11-7-6-8-18(4,5)14(11)15(12)19/h12,15H,6-10H2,1-5H3. The van der Waals surface area contributed by atoms with Gasteiger partial charge in [0.15, 0.2) is 0 Å². The summed E-state index contributed by atoms with van der Waals surface area (Å²) in [5.74, 6) is 0.194. The molecule has 0 saturated carbocycles. The summed E-state index contributed by atoms with van der Waals surface area (Å²) in [6.07, 6.45) is 4.46. The van der Waals surface area contributed by atoms with Crippen molar-refractivity contribution in [3.05, 3.63) is 11.1 Å². The number of carbonyl (C=O) groups is 2. The minimum Gasteiger partial charge on any atom is -0.443 e. The van der Waals surface area contributed by atoms with E-state index in [9.17, 15) is 9.59 Å². The summed E-state index contributed by atoms with van der Waals surface area (Å²) in [4.78, 5) is 26.4. The number of hydrogen-bond acceptors (Lipinski definition) is 3. The Labute approximate surface area is 132 Å². The van der Waals surface area contributed by atoms with Crippen LogP contribution in [0.25, 0.3) is 0 Å². The van der Waals surface area contributed by atoms with Gasteiger partial charge in [0, 0.05) is 6.42 Å². The maximum absolute atomic E-state index is 12.6. The molecule has 0 bridgehead atoms. The quantitative estimate of drug-likeness (QED) is 0.634. The first kappa shape index (κ1) is 15.6. The molecular formula is C18H27NO3. The zero-order valence-corrected chi connectivity index (χ0v) is 14.4. The van der Waals surface area contributed by atoms with Crippen molar-refractivity contribution >= 4 is 12.0 Å². The van der Waals surface area contributed by atoms with E-state index in [2.05, 4.69) is 13.8 Å². The Balaban J connectivity index is 1.94. The van der Waals surface area contributed by atoms with Crippen LogP contribution < -0.4 is 0 Å². The normalized spacial score (nSPS) is 30.4. The molecule has 3 rings (SSSR count). The third kappa shape index (κ3) is 2.46. The molecule has 22 heavy (non-hydrogen) atoms. The molecule has 2 unspecified atom stereocenters. The molecule has 2 atom stereocenters.